The van der Waals surface area contributed by atoms with Gasteiger partial charge in [-0.2, -0.15) is 0 Å². The first-order chi connectivity index (χ1) is 10.0. The van der Waals surface area contributed by atoms with Crippen LogP contribution in [0.1, 0.15) is 72.6 Å². The summed E-state index contributed by atoms with van der Waals surface area (Å²) < 4.78 is 10.4. The van der Waals surface area contributed by atoms with E-state index in [-0.39, 0.29) is 11.4 Å². The number of carbonyl (C=O) groups excluding carboxylic acids is 1. The summed E-state index contributed by atoms with van der Waals surface area (Å²) >= 11 is -2.22. The second-order valence-electron chi connectivity index (χ2n) is 7.34. The molecule has 1 rings (SSSR count). The monoisotopic (exact) mass is 404 g/mol. The van der Waals surface area contributed by atoms with E-state index < -0.39 is 18.4 Å². The van der Waals surface area contributed by atoms with E-state index in [1.54, 1.807) is 7.11 Å². The van der Waals surface area contributed by atoms with Crippen molar-refractivity contribution in [3.8, 4) is 0 Å². The van der Waals surface area contributed by atoms with Crippen molar-refractivity contribution in [2.24, 2.45) is 5.41 Å². The summed E-state index contributed by atoms with van der Waals surface area (Å²) in [4.78, 5) is 12.2. The Labute approximate surface area is 136 Å². The quantitative estimate of drug-likeness (QED) is 0.323. The summed E-state index contributed by atoms with van der Waals surface area (Å²) in [6.45, 7) is 9.10. The van der Waals surface area contributed by atoms with Crippen molar-refractivity contribution in [3.63, 3.8) is 0 Å². The Balaban J connectivity index is 2.90. The molecule has 0 aromatic heterocycles. The zero-order chi connectivity index (χ0) is 15.9. The van der Waals surface area contributed by atoms with Crippen LogP contribution in [0.15, 0.2) is 0 Å². The number of rotatable bonds is 11. The van der Waals surface area contributed by atoms with E-state index in [1.807, 2.05) is 0 Å². The molecule has 0 N–H and O–H groups in total. The zero-order valence-electron chi connectivity index (χ0n) is 15.0. The molecule has 0 aromatic carbocycles. The minimum atomic E-state index is -2.22. The van der Waals surface area contributed by atoms with Gasteiger partial charge in [0.15, 0.2) is 0 Å². The van der Waals surface area contributed by atoms with Crippen LogP contribution in [-0.2, 0) is 9.53 Å². The molecule has 0 aliphatic heterocycles. The Kier molecular flexibility index (Phi) is 8.08. The summed E-state index contributed by atoms with van der Waals surface area (Å²) in [6.07, 6.45) is 9.20. The number of hydrogen-bond acceptors (Lipinski definition) is 2. The van der Waals surface area contributed by atoms with Crippen LogP contribution in [0, 0.1) is 5.41 Å². The van der Waals surface area contributed by atoms with E-state index in [1.165, 1.54) is 51.8 Å². The van der Waals surface area contributed by atoms with Crippen molar-refractivity contribution in [3.05, 3.63) is 0 Å². The van der Waals surface area contributed by atoms with Gasteiger partial charge in [-0.25, -0.2) is 0 Å². The molecule has 1 saturated carbocycles. The molecule has 0 heterocycles. The van der Waals surface area contributed by atoms with Gasteiger partial charge in [0.25, 0.3) is 0 Å². The van der Waals surface area contributed by atoms with Crippen LogP contribution in [0.3, 0.4) is 0 Å². The predicted molar refractivity (Wildman–Crippen MR) is 93.4 cm³/mol. The number of ether oxygens (including phenoxy) is 1. The summed E-state index contributed by atoms with van der Waals surface area (Å²) in [6, 6.07) is 0. The topological polar surface area (TPSA) is 26.3 Å². The van der Waals surface area contributed by atoms with Crippen LogP contribution < -0.4 is 0 Å². The van der Waals surface area contributed by atoms with Crippen molar-refractivity contribution in [2.75, 3.05) is 7.11 Å². The molecule has 3 heteroatoms. The van der Waals surface area contributed by atoms with E-state index in [9.17, 15) is 4.79 Å². The van der Waals surface area contributed by atoms with E-state index in [0.717, 1.165) is 10.4 Å². The average Bonchev–Trinajstić information content (AvgIpc) is 3.20. The van der Waals surface area contributed by atoms with Crippen molar-refractivity contribution in [1.82, 2.24) is 0 Å². The van der Waals surface area contributed by atoms with E-state index in [4.69, 9.17) is 4.74 Å². The fourth-order valence-corrected chi connectivity index (χ4v) is 25.0. The third-order valence-electron chi connectivity index (χ3n) is 5.71. The van der Waals surface area contributed by atoms with Gasteiger partial charge in [-0.1, -0.05) is 0 Å². The number of carbonyl (C=O) groups is 1. The molecule has 1 aliphatic carbocycles. The van der Waals surface area contributed by atoms with E-state index in [0.29, 0.717) is 0 Å². The van der Waals surface area contributed by atoms with Crippen molar-refractivity contribution in [1.29, 1.82) is 0 Å². The number of unbranched alkanes of at least 4 members (excludes halogenated alkanes) is 3. The van der Waals surface area contributed by atoms with Crippen LogP contribution in [-0.4, -0.2) is 31.5 Å². The molecule has 21 heavy (non-hydrogen) atoms. The normalized spacial score (nSPS) is 24.9. The fourth-order valence-electron chi connectivity index (χ4n) is 4.20. The van der Waals surface area contributed by atoms with Gasteiger partial charge in [0.05, 0.1) is 0 Å². The van der Waals surface area contributed by atoms with E-state index >= 15 is 0 Å². The van der Waals surface area contributed by atoms with Gasteiger partial charge in [0, 0.05) is 0 Å². The van der Waals surface area contributed by atoms with E-state index in [2.05, 4.69) is 27.7 Å². The Morgan fingerprint density at radius 3 is 1.81 bits per heavy atom. The second-order valence-corrected chi connectivity index (χ2v) is 21.4. The minimum absolute atomic E-state index is 0.0677. The molecule has 0 saturated heterocycles. The Morgan fingerprint density at radius 2 is 1.48 bits per heavy atom. The predicted octanol–water partition coefficient (Wildman–Crippen LogP) is 5.79. The maximum absolute atomic E-state index is 12.2. The number of esters is 1. The molecule has 0 radical (unpaired) electrons. The molecule has 2 atom stereocenters. The van der Waals surface area contributed by atoms with Gasteiger partial charge in [-0.05, 0) is 0 Å². The van der Waals surface area contributed by atoms with Gasteiger partial charge in [0.1, 0.15) is 0 Å². The molecular weight excluding hydrogens is 367 g/mol. The number of hydrogen-bond donors (Lipinski definition) is 0. The first-order valence-corrected chi connectivity index (χ1v) is 16.8. The second kappa shape index (κ2) is 8.78. The summed E-state index contributed by atoms with van der Waals surface area (Å²) in [5.74, 6) is 0.0677. The molecule has 0 bridgehead atoms. The van der Waals surface area contributed by atoms with Gasteiger partial charge >= 0.3 is 136 Å². The molecular formula is C18H36O2Sn. The van der Waals surface area contributed by atoms with Gasteiger partial charge in [0.2, 0.25) is 0 Å². The average molecular weight is 403 g/mol. The summed E-state index contributed by atoms with van der Waals surface area (Å²) in [5.41, 5.74) is -0.111. The molecule has 1 aliphatic rings. The molecule has 0 aromatic rings. The molecule has 0 unspecified atom stereocenters. The number of methoxy groups -OCH3 is 1. The Hall–Kier alpha value is 0.269. The van der Waals surface area contributed by atoms with Crippen molar-refractivity contribution in [2.45, 2.75) is 89.9 Å². The molecule has 2 nitrogen and oxygen atoms in total. The van der Waals surface area contributed by atoms with Crippen LogP contribution in [0.4, 0.5) is 0 Å². The first kappa shape index (κ1) is 19.3. The SMILES string of the molecule is CCC[CH2][Sn]([CH2]CCC)([CH2]CCC)[C@H]1C[C@]1(C)C(=O)OC. The van der Waals surface area contributed by atoms with Crippen molar-refractivity contribution >= 4 is 24.3 Å². The van der Waals surface area contributed by atoms with Gasteiger partial charge in [-0.3, -0.25) is 0 Å². The third kappa shape index (κ3) is 4.62. The first-order valence-electron chi connectivity index (χ1n) is 9.09. The third-order valence-corrected chi connectivity index (χ3v) is 23.9. The molecule has 0 spiro atoms. The van der Waals surface area contributed by atoms with Gasteiger partial charge < -0.3 is 0 Å². The summed E-state index contributed by atoms with van der Waals surface area (Å²) in [7, 11) is 1.56. The Bertz CT molecular complexity index is 307. The summed E-state index contributed by atoms with van der Waals surface area (Å²) in [5, 5.41) is 0. The zero-order valence-corrected chi connectivity index (χ0v) is 17.8. The van der Waals surface area contributed by atoms with Crippen LogP contribution in [0.25, 0.3) is 0 Å². The maximum atomic E-state index is 12.2. The van der Waals surface area contributed by atoms with Crippen molar-refractivity contribution < 1.29 is 9.53 Å². The van der Waals surface area contributed by atoms with Gasteiger partial charge in [-0.15, -0.1) is 0 Å². The standard InChI is InChI=1S/C6H9O2.3C4H9.Sn/c1-6(3-4-6)5(7)8-2;3*1-3-4-2;/h3H,4H2,1-2H3;3*1,3-4H2,2H3;/t6-;;;;/m1..../s1. The molecule has 1 fully saturated rings. The molecule has 124 valence electrons. The van der Waals surface area contributed by atoms with Crippen LogP contribution >= 0.6 is 0 Å². The fraction of sp³-hybridized carbons (Fsp3) is 0.944. The van der Waals surface area contributed by atoms with Crippen LogP contribution in [0.5, 0.6) is 0 Å². The van der Waals surface area contributed by atoms with Crippen LogP contribution in [0.2, 0.25) is 17.2 Å². The Morgan fingerprint density at radius 1 is 1.05 bits per heavy atom. The molecule has 0 amide bonds.